The van der Waals surface area contributed by atoms with Crippen LogP contribution in [0.25, 0.3) is 0 Å². The molecule has 126 valence electrons. The molecule has 2 aromatic rings. The molecular weight excluding hydrogens is 313 g/mol. The molecule has 2 rings (SSSR count). The van der Waals surface area contributed by atoms with Crippen LogP contribution in [0.2, 0.25) is 0 Å². The molecular formula is C17H18FN3O3. The molecule has 3 N–H and O–H groups in total. The number of amides is 3. The molecule has 0 heterocycles. The minimum Gasteiger partial charge on any atom is -0.489 e. The summed E-state index contributed by atoms with van der Waals surface area (Å²) in [7, 11) is 1.63. The van der Waals surface area contributed by atoms with Crippen LogP contribution in [0.15, 0.2) is 48.5 Å². The predicted octanol–water partition coefficient (Wildman–Crippen LogP) is 2.47. The average molecular weight is 331 g/mol. The SMILES string of the molecule is CN(CCOc1ccccc1F)C(=O)c1ccc(NC(N)=O)cc1. The van der Waals surface area contributed by atoms with E-state index in [9.17, 15) is 14.0 Å². The third-order valence-corrected chi connectivity index (χ3v) is 3.27. The number of benzene rings is 2. The molecule has 0 aliphatic heterocycles. The topological polar surface area (TPSA) is 84.7 Å². The monoisotopic (exact) mass is 331 g/mol. The van der Waals surface area contributed by atoms with Gasteiger partial charge in [0.1, 0.15) is 6.61 Å². The fourth-order valence-electron chi connectivity index (χ4n) is 2.01. The Morgan fingerprint density at radius 2 is 1.83 bits per heavy atom. The van der Waals surface area contributed by atoms with Crippen LogP contribution in [0.5, 0.6) is 5.75 Å². The summed E-state index contributed by atoms with van der Waals surface area (Å²) < 4.78 is 18.7. The zero-order valence-corrected chi connectivity index (χ0v) is 13.2. The first kappa shape index (κ1) is 17.3. The number of nitrogens with one attached hydrogen (secondary N) is 1. The van der Waals surface area contributed by atoms with Crippen molar-refractivity contribution in [3.05, 3.63) is 59.9 Å². The molecule has 0 saturated heterocycles. The zero-order valence-electron chi connectivity index (χ0n) is 13.2. The molecule has 6 nitrogen and oxygen atoms in total. The minimum atomic E-state index is -0.670. The molecule has 0 radical (unpaired) electrons. The van der Waals surface area contributed by atoms with Crippen molar-refractivity contribution in [1.29, 1.82) is 0 Å². The summed E-state index contributed by atoms with van der Waals surface area (Å²) in [6, 6.07) is 11.8. The van der Waals surface area contributed by atoms with E-state index < -0.39 is 11.8 Å². The van der Waals surface area contributed by atoms with E-state index >= 15 is 0 Å². The number of hydrogen-bond donors (Lipinski definition) is 2. The third kappa shape index (κ3) is 4.70. The van der Waals surface area contributed by atoms with Crippen molar-refractivity contribution in [3.8, 4) is 5.75 Å². The lowest BCUT2D eigenvalue weighted by Gasteiger charge is -2.18. The number of rotatable bonds is 6. The van der Waals surface area contributed by atoms with E-state index in [2.05, 4.69) is 5.32 Å². The van der Waals surface area contributed by atoms with Crippen LogP contribution in [0.4, 0.5) is 14.9 Å². The van der Waals surface area contributed by atoms with Crippen molar-refractivity contribution in [2.24, 2.45) is 5.73 Å². The largest absolute Gasteiger partial charge is 0.489 e. The lowest BCUT2D eigenvalue weighted by atomic mass is 10.2. The van der Waals surface area contributed by atoms with Gasteiger partial charge >= 0.3 is 6.03 Å². The summed E-state index contributed by atoms with van der Waals surface area (Å²) >= 11 is 0. The standard InChI is InChI=1S/C17H18FN3O3/c1-21(10-11-24-15-5-3-2-4-14(15)18)16(22)12-6-8-13(9-7-12)20-17(19)23/h2-9H,10-11H2,1H3,(H3,19,20,23). The molecule has 0 unspecified atom stereocenters. The highest BCUT2D eigenvalue weighted by molar-refractivity contribution is 5.95. The van der Waals surface area contributed by atoms with E-state index in [1.165, 1.54) is 17.0 Å². The molecule has 0 aromatic heterocycles. The first-order valence-corrected chi connectivity index (χ1v) is 7.26. The smallest absolute Gasteiger partial charge is 0.316 e. The molecule has 0 fully saturated rings. The lowest BCUT2D eigenvalue weighted by molar-refractivity contribution is 0.0773. The van der Waals surface area contributed by atoms with E-state index in [0.717, 1.165) is 0 Å². The van der Waals surface area contributed by atoms with Crippen LogP contribution in [0, 0.1) is 5.82 Å². The summed E-state index contributed by atoms with van der Waals surface area (Å²) in [5, 5.41) is 2.42. The van der Waals surface area contributed by atoms with E-state index in [4.69, 9.17) is 10.5 Å². The summed E-state index contributed by atoms with van der Waals surface area (Å²) in [5.41, 5.74) is 5.98. The summed E-state index contributed by atoms with van der Waals surface area (Å²) in [4.78, 5) is 24.5. The van der Waals surface area contributed by atoms with Gasteiger partial charge in [-0.15, -0.1) is 0 Å². The summed E-state index contributed by atoms with van der Waals surface area (Å²) in [6.45, 7) is 0.471. The molecule has 3 amide bonds. The average Bonchev–Trinajstić information content (AvgIpc) is 2.56. The van der Waals surface area contributed by atoms with Crippen molar-refractivity contribution in [2.45, 2.75) is 0 Å². The van der Waals surface area contributed by atoms with Gasteiger partial charge in [-0.05, 0) is 36.4 Å². The van der Waals surface area contributed by atoms with Gasteiger partial charge in [0.15, 0.2) is 11.6 Å². The number of ether oxygens (including phenoxy) is 1. The normalized spacial score (nSPS) is 10.1. The van der Waals surface area contributed by atoms with Gasteiger partial charge in [-0.25, -0.2) is 9.18 Å². The molecule has 24 heavy (non-hydrogen) atoms. The number of nitrogens with two attached hydrogens (primary N) is 1. The number of primary amides is 1. The number of hydrogen-bond acceptors (Lipinski definition) is 3. The van der Waals surface area contributed by atoms with Gasteiger partial charge in [-0.1, -0.05) is 12.1 Å². The van der Waals surface area contributed by atoms with E-state index in [0.29, 0.717) is 17.8 Å². The maximum absolute atomic E-state index is 13.4. The van der Waals surface area contributed by atoms with Crippen LogP contribution in [0.1, 0.15) is 10.4 Å². The summed E-state index contributed by atoms with van der Waals surface area (Å²) in [6.07, 6.45) is 0. The fourth-order valence-corrected chi connectivity index (χ4v) is 2.01. The highest BCUT2D eigenvalue weighted by atomic mass is 19.1. The number of para-hydroxylation sites is 1. The van der Waals surface area contributed by atoms with E-state index in [1.807, 2.05) is 0 Å². The lowest BCUT2D eigenvalue weighted by Crippen LogP contribution is -2.31. The molecule has 0 saturated carbocycles. The molecule has 0 aliphatic carbocycles. The predicted molar refractivity (Wildman–Crippen MR) is 88.5 cm³/mol. The van der Waals surface area contributed by atoms with Crippen molar-refractivity contribution < 1.29 is 18.7 Å². The molecule has 0 aliphatic rings. The number of carbonyl (C=O) groups is 2. The van der Waals surface area contributed by atoms with E-state index in [-0.39, 0.29) is 18.3 Å². The van der Waals surface area contributed by atoms with Crippen molar-refractivity contribution in [1.82, 2.24) is 4.90 Å². The van der Waals surface area contributed by atoms with Crippen LogP contribution in [0.3, 0.4) is 0 Å². The van der Waals surface area contributed by atoms with Crippen molar-refractivity contribution >= 4 is 17.6 Å². The Morgan fingerprint density at radius 3 is 2.46 bits per heavy atom. The number of carbonyl (C=O) groups excluding carboxylic acids is 2. The first-order chi connectivity index (χ1) is 11.5. The van der Waals surface area contributed by atoms with E-state index in [1.54, 1.807) is 43.4 Å². The fraction of sp³-hybridized carbons (Fsp3) is 0.176. The molecule has 0 bridgehead atoms. The molecule has 0 spiro atoms. The number of likely N-dealkylation sites (N-methyl/N-ethyl adjacent to an activating group) is 1. The van der Waals surface area contributed by atoms with Gasteiger partial charge in [-0.3, -0.25) is 4.79 Å². The second-order valence-electron chi connectivity index (χ2n) is 5.07. The Balaban J connectivity index is 1.87. The minimum absolute atomic E-state index is 0.153. The number of nitrogens with zero attached hydrogens (tertiary/aromatic N) is 1. The van der Waals surface area contributed by atoms with Gasteiger partial charge in [-0.2, -0.15) is 0 Å². The van der Waals surface area contributed by atoms with Gasteiger partial charge in [0.25, 0.3) is 5.91 Å². The van der Waals surface area contributed by atoms with Gasteiger partial charge in [0.05, 0.1) is 6.54 Å². The zero-order chi connectivity index (χ0) is 17.5. The Kier molecular flexibility index (Phi) is 5.73. The highest BCUT2D eigenvalue weighted by Gasteiger charge is 2.12. The quantitative estimate of drug-likeness (QED) is 0.853. The molecule has 7 heteroatoms. The maximum Gasteiger partial charge on any atom is 0.316 e. The Bertz CT molecular complexity index is 719. The number of anilines is 1. The van der Waals surface area contributed by atoms with Gasteiger partial charge < -0.3 is 20.7 Å². The number of urea groups is 1. The van der Waals surface area contributed by atoms with Gasteiger partial charge in [0, 0.05) is 18.3 Å². The third-order valence-electron chi connectivity index (χ3n) is 3.27. The molecule has 2 aromatic carbocycles. The van der Waals surface area contributed by atoms with Crippen LogP contribution < -0.4 is 15.8 Å². The van der Waals surface area contributed by atoms with Crippen LogP contribution in [-0.4, -0.2) is 37.0 Å². The Morgan fingerprint density at radius 1 is 1.17 bits per heavy atom. The maximum atomic E-state index is 13.4. The summed E-state index contributed by atoms with van der Waals surface area (Å²) in [5.74, 6) is -0.498. The Labute approximate surface area is 139 Å². The second kappa shape index (κ2) is 7.96. The van der Waals surface area contributed by atoms with Crippen molar-refractivity contribution in [3.63, 3.8) is 0 Å². The molecule has 0 atom stereocenters. The van der Waals surface area contributed by atoms with Gasteiger partial charge in [0.2, 0.25) is 0 Å². The number of halogens is 1. The van der Waals surface area contributed by atoms with Crippen molar-refractivity contribution in [2.75, 3.05) is 25.5 Å². The second-order valence-corrected chi connectivity index (χ2v) is 5.07. The Hall–Kier alpha value is -3.09. The van der Waals surface area contributed by atoms with Crippen LogP contribution >= 0.6 is 0 Å². The highest BCUT2D eigenvalue weighted by Crippen LogP contribution is 2.15. The van der Waals surface area contributed by atoms with Crippen LogP contribution in [-0.2, 0) is 0 Å². The first-order valence-electron chi connectivity index (χ1n) is 7.26.